The number of aryl methyl sites for hydroxylation is 1. The van der Waals surface area contributed by atoms with Gasteiger partial charge in [0.1, 0.15) is 11.4 Å². The molecule has 1 aliphatic heterocycles. The third kappa shape index (κ3) is 2.67. The first-order chi connectivity index (χ1) is 12.2. The first-order valence-electron chi connectivity index (χ1n) is 8.15. The highest BCUT2D eigenvalue weighted by Gasteiger charge is 2.28. The third-order valence-electron chi connectivity index (χ3n) is 4.57. The van der Waals surface area contributed by atoms with Gasteiger partial charge in [0.05, 0.1) is 7.11 Å². The molecule has 0 bridgehead atoms. The molecule has 0 spiro atoms. The van der Waals surface area contributed by atoms with Gasteiger partial charge in [0.15, 0.2) is 11.6 Å². The number of aromatic amines is 1. The lowest BCUT2D eigenvalue weighted by Gasteiger charge is -2.17. The monoisotopic (exact) mass is 337 g/mol. The molecule has 0 saturated carbocycles. The van der Waals surface area contributed by atoms with Crippen LogP contribution in [-0.2, 0) is 13.5 Å². The fourth-order valence-corrected chi connectivity index (χ4v) is 3.29. The predicted molar refractivity (Wildman–Crippen MR) is 92.6 cm³/mol. The molecule has 4 rings (SSSR count). The molecule has 0 radical (unpaired) electrons. The molecule has 7 heteroatoms. The molecule has 0 aliphatic carbocycles. The van der Waals surface area contributed by atoms with Crippen molar-refractivity contribution in [3.63, 3.8) is 0 Å². The molecule has 2 N–H and O–H groups in total. The number of H-pyrrole nitrogens is 1. The highest BCUT2D eigenvalue weighted by atomic mass is 16.5. The molecular formula is C18H19N5O2. The second kappa shape index (κ2) is 6.08. The van der Waals surface area contributed by atoms with Crippen LogP contribution in [0.5, 0.6) is 5.75 Å². The Morgan fingerprint density at radius 2 is 2.16 bits per heavy atom. The van der Waals surface area contributed by atoms with Crippen LogP contribution in [0.15, 0.2) is 36.7 Å². The number of amides is 1. The second-order valence-corrected chi connectivity index (χ2v) is 6.13. The van der Waals surface area contributed by atoms with E-state index in [1.165, 1.54) is 0 Å². The molecule has 1 aromatic carbocycles. The van der Waals surface area contributed by atoms with Crippen LogP contribution in [0.4, 0.5) is 0 Å². The van der Waals surface area contributed by atoms with E-state index in [1.807, 2.05) is 42.1 Å². The number of nitrogens with one attached hydrogen (secondary N) is 2. The smallest absolute Gasteiger partial charge is 0.271 e. The Balaban J connectivity index is 1.73. The van der Waals surface area contributed by atoms with Crippen molar-refractivity contribution in [2.75, 3.05) is 13.7 Å². The van der Waals surface area contributed by atoms with E-state index in [9.17, 15) is 4.79 Å². The van der Waals surface area contributed by atoms with Crippen LogP contribution in [0.3, 0.4) is 0 Å². The second-order valence-electron chi connectivity index (χ2n) is 6.13. The molecule has 0 unspecified atom stereocenters. The molecule has 0 saturated heterocycles. The topological polar surface area (TPSA) is 84.8 Å². The highest BCUT2D eigenvalue weighted by Crippen LogP contribution is 2.31. The van der Waals surface area contributed by atoms with Crippen LogP contribution < -0.4 is 10.1 Å². The van der Waals surface area contributed by atoms with E-state index in [4.69, 9.17) is 4.74 Å². The molecule has 25 heavy (non-hydrogen) atoms. The van der Waals surface area contributed by atoms with Gasteiger partial charge in [-0.25, -0.2) is 9.97 Å². The summed E-state index contributed by atoms with van der Waals surface area (Å²) in [4.78, 5) is 24.5. The molecule has 7 nitrogen and oxygen atoms in total. The summed E-state index contributed by atoms with van der Waals surface area (Å²) in [5.41, 5.74) is 2.34. The van der Waals surface area contributed by atoms with Crippen LogP contribution in [-0.4, -0.2) is 39.1 Å². The fourth-order valence-electron chi connectivity index (χ4n) is 3.29. The maximum Gasteiger partial charge on any atom is 0.271 e. The van der Waals surface area contributed by atoms with E-state index in [-0.39, 0.29) is 11.8 Å². The van der Waals surface area contributed by atoms with Crippen molar-refractivity contribution in [3.05, 3.63) is 53.6 Å². The van der Waals surface area contributed by atoms with Gasteiger partial charge in [0.25, 0.3) is 5.91 Å². The van der Waals surface area contributed by atoms with Crippen molar-refractivity contribution < 1.29 is 9.53 Å². The number of imidazole rings is 2. The molecule has 1 amide bonds. The summed E-state index contributed by atoms with van der Waals surface area (Å²) in [6, 6.07) is 7.90. The Kier molecular flexibility index (Phi) is 3.76. The Labute approximate surface area is 145 Å². The van der Waals surface area contributed by atoms with E-state index < -0.39 is 0 Å². The van der Waals surface area contributed by atoms with Crippen molar-refractivity contribution in [3.8, 4) is 17.4 Å². The van der Waals surface area contributed by atoms with Crippen LogP contribution in [0.1, 0.15) is 27.7 Å². The summed E-state index contributed by atoms with van der Waals surface area (Å²) in [5, 5.41) is 2.97. The van der Waals surface area contributed by atoms with Crippen LogP contribution in [0, 0.1) is 0 Å². The maximum atomic E-state index is 12.5. The molecule has 2 aromatic heterocycles. The Morgan fingerprint density at radius 1 is 1.32 bits per heavy atom. The third-order valence-corrected chi connectivity index (χ3v) is 4.57. The van der Waals surface area contributed by atoms with E-state index in [0.717, 1.165) is 17.0 Å². The summed E-state index contributed by atoms with van der Waals surface area (Å²) in [5.74, 6) is 2.08. The van der Waals surface area contributed by atoms with Crippen molar-refractivity contribution in [2.45, 2.75) is 12.3 Å². The summed E-state index contributed by atoms with van der Waals surface area (Å²) in [6.45, 7) is 0.543. The van der Waals surface area contributed by atoms with E-state index in [2.05, 4.69) is 20.3 Å². The minimum absolute atomic E-state index is 0.107. The highest BCUT2D eigenvalue weighted by molar-refractivity contribution is 5.94. The number of hydrogen-bond donors (Lipinski definition) is 2. The van der Waals surface area contributed by atoms with Gasteiger partial charge < -0.3 is 19.6 Å². The average Bonchev–Trinajstić information content (AvgIpc) is 3.20. The fraction of sp³-hybridized carbons (Fsp3) is 0.278. The zero-order chi connectivity index (χ0) is 17.4. The summed E-state index contributed by atoms with van der Waals surface area (Å²) < 4.78 is 7.35. The number of nitrogens with zero attached hydrogens (tertiary/aromatic N) is 3. The zero-order valence-electron chi connectivity index (χ0n) is 14.1. The maximum absolute atomic E-state index is 12.5. The van der Waals surface area contributed by atoms with Crippen molar-refractivity contribution in [1.29, 1.82) is 0 Å². The van der Waals surface area contributed by atoms with Gasteiger partial charge in [0, 0.05) is 37.6 Å². The molecule has 0 fully saturated rings. The molecule has 3 aromatic rings. The number of carbonyl (C=O) groups excluding carboxylic acids is 1. The molecule has 1 atom stereocenters. The number of carbonyl (C=O) groups is 1. The lowest BCUT2D eigenvalue weighted by Crippen LogP contribution is -2.26. The largest absolute Gasteiger partial charge is 0.496 e. The van der Waals surface area contributed by atoms with Gasteiger partial charge in [-0.3, -0.25) is 4.79 Å². The molecule has 1 aliphatic rings. The summed E-state index contributed by atoms with van der Waals surface area (Å²) in [6.07, 6.45) is 4.23. The van der Waals surface area contributed by atoms with E-state index >= 15 is 0 Å². The van der Waals surface area contributed by atoms with Crippen LogP contribution in [0.25, 0.3) is 11.6 Å². The molecule has 3 heterocycles. The van der Waals surface area contributed by atoms with Gasteiger partial charge in [-0.1, -0.05) is 18.2 Å². The number of benzene rings is 1. The lowest BCUT2D eigenvalue weighted by molar-refractivity contribution is 0.0950. The number of fused-ring (bicyclic) bond motifs is 1. The van der Waals surface area contributed by atoms with Gasteiger partial charge in [0.2, 0.25) is 0 Å². The van der Waals surface area contributed by atoms with Crippen molar-refractivity contribution >= 4 is 5.91 Å². The standard InChI is InChI=1S/C18H19N5O2/c1-23-8-7-19-17(23)16-21-13-9-11(10-20-18(24)15(13)22-16)12-5-3-4-6-14(12)25-2/h3-8,11H,9-10H2,1-2H3,(H,20,24)(H,21,22)/t11-/m1/s1. The number of methoxy groups -OCH3 is 1. The van der Waals surface area contributed by atoms with Gasteiger partial charge in [-0.2, -0.15) is 0 Å². The first kappa shape index (κ1) is 15.4. The average molecular weight is 337 g/mol. The Bertz CT molecular complexity index is 927. The first-order valence-corrected chi connectivity index (χ1v) is 8.15. The van der Waals surface area contributed by atoms with Crippen LogP contribution >= 0.6 is 0 Å². The Hall–Kier alpha value is -3.09. The zero-order valence-corrected chi connectivity index (χ0v) is 14.1. The van der Waals surface area contributed by atoms with E-state index in [1.54, 1.807) is 13.3 Å². The van der Waals surface area contributed by atoms with Gasteiger partial charge in [-0.05, 0) is 18.1 Å². The quantitative estimate of drug-likeness (QED) is 0.764. The number of hydrogen-bond acceptors (Lipinski definition) is 4. The Morgan fingerprint density at radius 3 is 2.92 bits per heavy atom. The van der Waals surface area contributed by atoms with E-state index in [0.29, 0.717) is 30.3 Å². The summed E-state index contributed by atoms with van der Waals surface area (Å²) >= 11 is 0. The number of aromatic nitrogens is 4. The minimum Gasteiger partial charge on any atom is -0.496 e. The normalized spacial score (nSPS) is 16.9. The SMILES string of the molecule is COc1ccccc1[C@H]1CNC(=O)c2nc(-c3nccn3C)[nH]c2C1. The number of rotatable bonds is 3. The van der Waals surface area contributed by atoms with Crippen molar-refractivity contribution in [2.24, 2.45) is 7.05 Å². The van der Waals surface area contributed by atoms with Crippen LogP contribution in [0.2, 0.25) is 0 Å². The molecule has 128 valence electrons. The van der Waals surface area contributed by atoms with Gasteiger partial charge in [-0.15, -0.1) is 0 Å². The predicted octanol–water partition coefficient (Wildman–Crippen LogP) is 1.89. The summed E-state index contributed by atoms with van der Waals surface area (Å²) in [7, 11) is 3.56. The molecular weight excluding hydrogens is 318 g/mol. The number of ether oxygens (including phenoxy) is 1. The van der Waals surface area contributed by atoms with Crippen molar-refractivity contribution in [1.82, 2.24) is 24.8 Å². The van der Waals surface area contributed by atoms with Gasteiger partial charge >= 0.3 is 0 Å². The minimum atomic E-state index is -0.163. The lowest BCUT2D eigenvalue weighted by atomic mass is 9.93. The number of para-hydroxylation sites is 1.